The summed E-state index contributed by atoms with van der Waals surface area (Å²) >= 11 is 0. The van der Waals surface area contributed by atoms with Crippen LogP contribution < -0.4 is 14.2 Å². The zero-order chi connectivity index (χ0) is 67.2. The van der Waals surface area contributed by atoms with Gasteiger partial charge in [-0.1, -0.05) is 117 Å². The fourth-order valence-electron chi connectivity index (χ4n) is 16.4. The van der Waals surface area contributed by atoms with Crippen LogP contribution in [0.5, 0.6) is 17.2 Å². The molecule has 0 aliphatic heterocycles. The first-order chi connectivity index (χ1) is 44.3. The number of alkyl halides is 6. The van der Waals surface area contributed by atoms with Crippen molar-refractivity contribution in [3.05, 3.63) is 124 Å². The summed E-state index contributed by atoms with van der Waals surface area (Å²) in [6.45, 7) is 6.68. The SMILES string of the molecule is CCC1CCC(C2CCC(C(F)(F)Oc3cc(F)c(F)c(F)c3)CC2)CC1.CCCCC1CCC(C2CCC(c3ccc(C(F)(F)Oc4cc(F)c(F)c(F)c4)c(F)c3)CC2)CC1.CCCCCC1CCC(C2CCC(C(F)(F)Oc3cc(F)c(F)c(F)c3)CC2)CC1. The van der Waals surface area contributed by atoms with E-state index in [-0.39, 0.29) is 5.92 Å². The van der Waals surface area contributed by atoms with Gasteiger partial charge in [0.25, 0.3) is 0 Å². The molecule has 4 aromatic rings. The van der Waals surface area contributed by atoms with E-state index in [2.05, 4.69) is 35.0 Å². The van der Waals surface area contributed by atoms with Crippen molar-refractivity contribution < 1.29 is 84.5 Å². The van der Waals surface area contributed by atoms with E-state index in [1.54, 1.807) is 0 Å². The van der Waals surface area contributed by atoms with Gasteiger partial charge < -0.3 is 14.2 Å². The number of hydrogen-bond acceptors (Lipinski definition) is 3. The Morgan fingerprint density at radius 1 is 0.333 bits per heavy atom. The molecule has 0 atom stereocenters. The van der Waals surface area contributed by atoms with E-state index >= 15 is 0 Å². The molecule has 3 nitrogen and oxygen atoms in total. The molecule has 0 radical (unpaired) electrons. The van der Waals surface area contributed by atoms with Crippen LogP contribution in [0.1, 0.15) is 243 Å². The van der Waals surface area contributed by atoms with Gasteiger partial charge in [-0.2, -0.15) is 26.3 Å². The van der Waals surface area contributed by atoms with Gasteiger partial charge in [0.05, 0.1) is 17.4 Å². The fraction of sp³-hybridized carbons (Fsp3) is 0.676. The fourth-order valence-corrected chi connectivity index (χ4v) is 16.4. The normalized spacial score (nSPS) is 27.3. The minimum Gasteiger partial charge on any atom is -0.432 e. The van der Waals surface area contributed by atoms with Gasteiger partial charge in [-0.05, 0) is 192 Å². The lowest BCUT2D eigenvalue weighted by Crippen LogP contribution is -2.38. The molecule has 93 heavy (non-hydrogen) atoms. The molecule has 6 aliphatic carbocycles. The molecule has 19 heteroatoms. The van der Waals surface area contributed by atoms with E-state index < -0.39 is 111 Å². The summed E-state index contributed by atoms with van der Waals surface area (Å²) < 4.78 is 234. The van der Waals surface area contributed by atoms with Crippen LogP contribution in [0, 0.1) is 123 Å². The van der Waals surface area contributed by atoms with Gasteiger partial charge in [-0.25, -0.2) is 43.9 Å². The summed E-state index contributed by atoms with van der Waals surface area (Å²) in [5.41, 5.74) is -0.363. The first-order valence-corrected chi connectivity index (χ1v) is 34.7. The standard InChI is InChI=1S/C29H34F6O.C24H33F5O.C21H27F5O/c1-2-3-4-18-5-7-19(8-6-18)20-9-11-21(12-10-20)22-13-14-24(25(30)15-22)29(34,35)36-23-16-26(31)28(33)27(32)17-23;1-2-3-4-5-16-6-8-17(9-7-16)18-10-12-19(13-11-18)24(28,29)30-20-14-21(25)23(27)22(26)15-20;1-2-13-3-5-14(6-4-13)15-7-9-16(10-8-15)21(25,26)27-17-11-18(22)20(24)19(23)12-17/h13-21H,2-12H2,1H3;14-19H,2-13H2,1H3;11-16H,2-10H2,1H3. The average molecular weight is 1340 g/mol. The van der Waals surface area contributed by atoms with Gasteiger partial charge in [-0.15, -0.1) is 0 Å². The van der Waals surface area contributed by atoms with E-state index in [0.717, 1.165) is 87.2 Å². The molecule has 520 valence electrons. The summed E-state index contributed by atoms with van der Waals surface area (Å²) in [6, 6.07) is 6.02. The van der Waals surface area contributed by atoms with Crippen LogP contribution >= 0.6 is 0 Å². The van der Waals surface area contributed by atoms with E-state index in [0.29, 0.717) is 97.2 Å². The van der Waals surface area contributed by atoms with E-state index in [4.69, 9.17) is 0 Å². The summed E-state index contributed by atoms with van der Waals surface area (Å²) in [6.07, 6.45) is 22.3. The highest BCUT2D eigenvalue weighted by Crippen LogP contribution is 2.50. The maximum atomic E-state index is 14.8. The highest BCUT2D eigenvalue weighted by atomic mass is 19.3. The van der Waals surface area contributed by atoms with Gasteiger partial charge in [0.1, 0.15) is 23.1 Å². The van der Waals surface area contributed by atoms with Crippen LogP contribution in [0.4, 0.5) is 70.2 Å². The molecule has 6 aliphatic rings. The lowest BCUT2D eigenvalue weighted by molar-refractivity contribution is -0.225. The molecule has 6 saturated carbocycles. The molecular weight excluding hydrogens is 1240 g/mol. The highest BCUT2D eigenvalue weighted by Gasteiger charge is 2.47. The minimum atomic E-state index is -4.19. The number of ether oxygens (including phenoxy) is 3. The first-order valence-electron chi connectivity index (χ1n) is 34.7. The van der Waals surface area contributed by atoms with Crippen LogP contribution in [0.3, 0.4) is 0 Å². The van der Waals surface area contributed by atoms with E-state index in [1.807, 2.05) is 0 Å². The third-order valence-electron chi connectivity index (χ3n) is 22.1. The summed E-state index contributed by atoms with van der Waals surface area (Å²) in [5, 5.41) is 0. The van der Waals surface area contributed by atoms with Gasteiger partial charge >= 0.3 is 18.3 Å². The van der Waals surface area contributed by atoms with Crippen LogP contribution in [0.15, 0.2) is 54.6 Å². The zero-order valence-corrected chi connectivity index (χ0v) is 54.0. The molecule has 0 spiro atoms. The molecule has 0 saturated heterocycles. The summed E-state index contributed by atoms with van der Waals surface area (Å²) in [4.78, 5) is 0. The zero-order valence-electron chi connectivity index (χ0n) is 54.0. The van der Waals surface area contributed by atoms with Crippen molar-refractivity contribution >= 4 is 0 Å². The molecule has 0 N–H and O–H groups in total. The van der Waals surface area contributed by atoms with Crippen LogP contribution in [-0.4, -0.2) is 12.2 Å². The van der Waals surface area contributed by atoms with Crippen LogP contribution in [0.25, 0.3) is 0 Å². The van der Waals surface area contributed by atoms with Gasteiger partial charge in [0.15, 0.2) is 52.4 Å². The van der Waals surface area contributed by atoms with Crippen molar-refractivity contribution in [1.29, 1.82) is 0 Å². The maximum Gasteiger partial charge on any atom is 0.429 e. The lowest BCUT2D eigenvalue weighted by Gasteiger charge is -2.39. The molecule has 0 unspecified atom stereocenters. The second-order valence-corrected chi connectivity index (χ2v) is 28.0. The van der Waals surface area contributed by atoms with Gasteiger partial charge in [-0.3, -0.25) is 0 Å². The smallest absolute Gasteiger partial charge is 0.429 e. The van der Waals surface area contributed by atoms with Crippen molar-refractivity contribution in [2.75, 3.05) is 0 Å². The number of benzene rings is 4. The third kappa shape index (κ3) is 20.4. The van der Waals surface area contributed by atoms with Crippen LogP contribution in [0.2, 0.25) is 0 Å². The summed E-state index contributed by atoms with van der Waals surface area (Å²) in [7, 11) is 0. The Bertz CT molecular complexity index is 2880. The second kappa shape index (κ2) is 33.9. The second-order valence-electron chi connectivity index (χ2n) is 28.0. The topological polar surface area (TPSA) is 27.7 Å². The molecule has 0 heterocycles. The van der Waals surface area contributed by atoms with Crippen molar-refractivity contribution in [1.82, 2.24) is 0 Å². The predicted octanol–water partition coefficient (Wildman–Crippen LogP) is 25.0. The number of hydrogen-bond donors (Lipinski definition) is 0. The number of unbranched alkanes of at least 4 members (excludes halogenated alkanes) is 3. The van der Waals surface area contributed by atoms with Gasteiger partial charge in [0.2, 0.25) is 0 Å². The van der Waals surface area contributed by atoms with E-state index in [1.165, 1.54) is 134 Å². The monoisotopic (exact) mass is 1330 g/mol. The molecule has 0 amide bonds. The molecule has 4 aromatic carbocycles. The minimum absolute atomic E-state index is 0.112. The maximum absolute atomic E-state index is 14.8. The molecule has 0 aromatic heterocycles. The Balaban J connectivity index is 0.000000181. The molecule has 0 bridgehead atoms. The van der Waals surface area contributed by atoms with Gasteiger partial charge in [0, 0.05) is 36.4 Å². The average Bonchev–Trinajstić information content (AvgIpc) is 0.957. The van der Waals surface area contributed by atoms with Crippen molar-refractivity contribution in [3.63, 3.8) is 0 Å². The van der Waals surface area contributed by atoms with Crippen molar-refractivity contribution in [3.8, 4) is 17.2 Å². The Labute approximate surface area is 539 Å². The molecular formula is C74H94F16O3. The molecule has 10 rings (SSSR count). The Morgan fingerprint density at radius 3 is 0.978 bits per heavy atom. The van der Waals surface area contributed by atoms with Crippen LogP contribution in [-0.2, 0) is 6.11 Å². The quantitative estimate of drug-likeness (QED) is 0.0473. The Kier molecular flexibility index (Phi) is 27.0. The first kappa shape index (κ1) is 74.0. The Morgan fingerprint density at radius 2 is 0.645 bits per heavy atom. The highest BCUT2D eigenvalue weighted by molar-refractivity contribution is 5.32. The predicted molar refractivity (Wildman–Crippen MR) is 327 cm³/mol. The van der Waals surface area contributed by atoms with Crippen molar-refractivity contribution in [2.45, 2.75) is 250 Å². The Hall–Kier alpha value is -4.84. The number of halogens is 16. The van der Waals surface area contributed by atoms with E-state index in [9.17, 15) is 70.2 Å². The third-order valence-corrected chi connectivity index (χ3v) is 22.1. The molecule has 6 fully saturated rings. The number of rotatable bonds is 21. The summed E-state index contributed by atoms with van der Waals surface area (Å²) in [5.74, 6) is -13.8. The lowest BCUT2D eigenvalue weighted by atomic mass is 9.68. The largest absolute Gasteiger partial charge is 0.432 e. The van der Waals surface area contributed by atoms with Crippen molar-refractivity contribution in [2.24, 2.45) is 65.1 Å².